The van der Waals surface area contributed by atoms with Gasteiger partial charge in [-0.1, -0.05) is 0 Å². The van der Waals surface area contributed by atoms with Gasteiger partial charge in [0, 0.05) is 0 Å². The minimum Gasteiger partial charge on any atom is -0.264 e. The molecule has 0 aliphatic carbocycles. The lowest BCUT2D eigenvalue weighted by Crippen LogP contribution is -2.53. The van der Waals surface area contributed by atoms with Crippen LogP contribution in [0.3, 0.4) is 0 Å². The van der Waals surface area contributed by atoms with Crippen LogP contribution < -0.4 is 0 Å². The largest absolute Gasteiger partial charge is 0.459 e. The Bertz CT molecular complexity index is 296. The van der Waals surface area contributed by atoms with Gasteiger partial charge in [-0.15, -0.1) is 8.22 Å². The van der Waals surface area contributed by atoms with Crippen LogP contribution in [0.15, 0.2) is 0 Å². The van der Waals surface area contributed by atoms with Crippen LogP contribution in [0.5, 0.6) is 0 Å². The van der Waals surface area contributed by atoms with E-state index in [4.69, 9.17) is 0 Å². The second kappa shape index (κ2) is 5.99. The summed E-state index contributed by atoms with van der Waals surface area (Å²) < 4.78 is 102. The number of hydrogen-bond donors (Lipinski definition) is 0. The maximum atomic E-state index is 12.7. The number of halogens is 8. The van der Waals surface area contributed by atoms with Crippen molar-refractivity contribution in [2.75, 3.05) is 6.61 Å². The average Bonchev–Trinajstić information content (AvgIpc) is 2.14. The van der Waals surface area contributed by atoms with E-state index in [0.29, 0.717) is 0 Å². The van der Waals surface area contributed by atoms with Crippen molar-refractivity contribution in [3.05, 3.63) is 0 Å². The average molecular weight is 310 g/mol. The first-order valence-corrected chi connectivity index (χ1v) is 4.21. The monoisotopic (exact) mass is 310 g/mol. The molecule has 0 rings (SSSR count). The van der Waals surface area contributed by atoms with Crippen LogP contribution >= 0.6 is 12.4 Å². The SMILES string of the molecule is O=C(F)C(F)(OC(F)(F)COOSF)C(F)(F)F. The second-order valence-corrected chi connectivity index (χ2v) is 2.76. The first-order valence-electron chi connectivity index (χ1n) is 3.57. The van der Waals surface area contributed by atoms with Crippen molar-refractivity contribution in [1.82, 2.24) is 0 Å². The normalized spacial score (nSPS) is 16.4. The van der Waals surface area contributed by atoms with Crippen LogP contribution in [0.1, 0.15) is 0 Å². The number of rotatable bonds is 7. The fourth-order valence-corrected chi connectivity index (χ4v) is 0.640. The first-order chi connectivity index (χ1) is 7.96. The summed E-state index contributed by atoms with van der Waals surface area (Å²) in [6, 6.07) is -3.84. The van der Waals surface area contributed by atoms with Crippen LogP contribution in [0, 0.1) is 0 Å². The molecule has 0 radical (unpaired) electrons. The van der Waals surface area contributed by atoms with Gasteiger partial charge in [0.1, 0.15) is 0 Å². The van der Waals surface area contributed by atoms with E-state index in [0.717, 1.165) is 0 Å². The zero-order chi connectivity index (χ0) is 14.6. The number of carbonyl (C=O) groups is 1. The van der Waals surface area contributed by atoms with Gasteiger partial charge in [-0.05, 0) is 0 Å². The molecule has 0 aromatic heterocycles. The summed E-state index contributed by atoms with van der Waals surface area (Å²) in [4.78, 5) is 13.0. The molecular formula is C5H2F8O4S. The Morgan fingerprint density at radius 3 is 1.94 bits per heavy atom. The fourth-order valence-electron chi connectivity index (χ4n) is 0.555. The Balaban J connectivity index is 4.84. The fraction of sp³-hybridized carbons (Fsp3) is 0.800. The topological polar surface area (TPSA) is 44.8 Å². The van der Waals surface area contributed by atoms with Crippen molar-refractivity contribution in [2.45, 2.75) is 18.1 Å². The van der Waals surface area contributed by atoms with E-state index in [-0.39, 0.29) is 0 Å². The summed E-state index contributed by atoms with van der Waals surface area (Å²) in [7, 11) is 0. The quantitative estimate of drug-likeness (QED) is 0.181. The molecule has 13 heteroatoms. The number of alkyl halides is 6. The molecule has 0 saturated carbocycles. The van der Waals surface area contributed by atoms with Crippen molar-refractivity contribution in [3.63, 3.8) is 0 Å². The lowest BCUT2D eigenvalue weighted by atomic mass is 10.3. The highest BCUT2D eigenvalue weighted by Crippen LogP contribution is 2.40. The third kappa shape index (κ3) is 4.55. The molecule has 0 aliphatic rings. The van der Waals surface area contributed by atoms with Crippen molar-refractivity contribution < 1.29 is 53.4 Å². The highest BCUT2D eigenvalue weighted by Gasteiger charge is 2.68. The van der Waals surface area contributed by atoms with Gasteiger partial charge in [0.05, 0.1) is 0 Å². The molecule has 0 aromatic carbocycles. The zero-order valence-corrected chi connectivity index (χ0v) is 8.59. The van der Waals surface area contributed by atoms with Crippen LogP contribution in [0.4, 0.5) is 34.6 Å². The van der Waals surface area contributed by atoms with E-state index in [2.05, 4.69) is 14.0 Å². The summed E-state index contributed by atoms with van der Waals surface area (Å²) in [5, 5.41) is 0. The van der Waals surface area contributed by atoms with E-state index in [1.54, 1.807) is 0 Å². The Hall–Kier alpha value is -0.660. The van der Waals surface area contributed by atoms with Crippen molar-refractivity contribution >= 4 is 18.5 Å². The molecule has 0 amide bonds. The standard InChI is InChI=1S/C5H2F8O4S/c6-2(14)4(9,5(10,11)12)16-3(7,8)1-15-17-18-13/h1H2. The molecule has 0 spiro atoms. The minimum atomic E-state index is -6.39. The van der Waals surface area contributed by atoms with Crippen LogP contribution in [0.25, 0.3) is 0 Å². The molecule has 108 valence electrons. The molecule has 1 atom stereocenters. The molecule has 0 saturated heterocycles. The van der Waals surface area contributed by atoms with Crippen molar-refractivity contribution in [1.29, 1.82) is 0 Å². The molecule has 0 heterocycles. The van der Waals surface area contributed by atoms with Gasteiger partial charge in [-0.25, -0.2) is 4.89 Å². The van der Waals surface area contributed by atoms with Crippen molar-refractivity contribution in [2.24, 2.45) is 0 Å². The zero-order valence-electron chi connectivity index (χ0n) is 7.77. The molecule has 18 heavy (non-hydrogen) atoms. The van der Waals surface area contributed by atoms with E-state index < -0.39 is 43.2 Å². The van der Waals surface area contributed by atoms with Crippen molar-refractivity contribution in [3.8, 4) is 0 Å². The maximum Gasteiger partial charge on any atom is 0.459 e. The Labute approximate surface area is 97.6 Å². The van der Waals surface area contributed by atoms with E-state index in [1.807, 2.05) is 0 Å². The lowest BCUT2D eigenvalue weighted by Gasteiger charge is -2.27. The predicted octanol–water partition coefficient (Wildman–Crippen LogP) is 2.80. The van der Waals surface area contributed by atoms with Gasteiger partial charge in [-0.2, -0.15) is 30.7 Å². The molecular weight excluding hydrogens is 308 g/mol. The van der Waals surface area contributed by atoms with Gasteiger partial charge < -0.3 is 0 Å². The Morgan fingerprint density at radius 1 is 1.11 bits per heavy atom. The molecule has 0 N–H and O–H groups in total. The highest BCUT2D eigenvalue weighted by atomic mass is 32.2. The molecule has 0 aliphatic heterocycles. The van der Waals surface area contributed by atoms with Gasteiger partial charge >= 0.3 is 24.2 Å². The minimum absolute atomic E-state index is 1.10. The van der Waals surface area contributed by atoms with Gasteiger partial charge in [0.25, 0.3) is 0 Å². The Kier molecular flexibility index (Phi) is 5.77. The molecule has 1 unspecified atom stereocenters. The number of carbonyl (C=O) groups excluding carboxylic acids is 1. The van der Waals surface area contributed by atoms with Crippen LogP contribution in [-0.4, -0.2) is 30.8 Å². The summed E-state index contributed by atoms with van der Waals surface area (Å²) in [6.07, 6.45) is -11.5. The van der Waals surface area contributed by atoms with Gasteiger partial charge in [0.15, 0.2) is 6.61 Å². The van der Waals surface area contributed by atoms with Crippen LogP contribution in [-0.2, 0) is 18.8 Å². The van der Waals surface area contributed by atoms with E-state index >= 15 is 0 Å². The lowest BCUT2D eigenvalue weighted by molar-refractivity contribution is -0.415. The maximum absolute atomic E-state index is 12.7. The Morgan fingerprint density at radius 2 is 1.61 bits per heavy atom. The summed E-state index contributed by atoms with van der Waals surface area (Å²) in [5.41, 5.74) is 0. The second-order valence-electron chi connectivity index (χ2n) is 2.50. The molecule has 0 bridgehead atoms. The van der Waals surface area contributed by atoms with Gasteiger partial charge in [0.2, 0.25) is 12.4 Å². The summed E-state index contributed by atoms with van der Waals surface area (Å²) >= 11 is -1.10. The highest BCUT2D eigenvalue weighted by molar-refractivity contribution is 7.89. The van der Waals surface area contributed by atoms with Gasteiger partial charge in [-0.3, -0.25) is 9.53 Å². The molecule has 4 nitrogen and oxygen atoms in total. The number of hydrogen-bond acceptors (Lipinski definition) is 5. The predicted molar refractivity (Wildman–Crippen MR) is 37.8 cm³/mol. The van der Waals surface area contributed by atoms with E-state index in [9.17, 15) is 39.4 Å². The van der Waals surface area contributed by atoms with Crippen LogP contribution in [0.2, 0.25) is 0 Å². The molecule has 0 aromatic rings. The van der Waals surface area contributed by atoms with E-state index in [1.165, 1.54) is 0 Å². The third-order valence-electron chi connectivity index (χ3n) is 1.21. The molecule has 0 fully saturated rings. The summed E-state index contributed by atoms with van der Waals surface area (Å²) in [6.45, 7) is -2.22. The third-order valence-corrected chi connectivity index (χ3v) is 1.36. The smallest absolute Gasteiger partial charge is 0.264 e. The first kappa shape index (κ1) is 17.3. The summed E-state index contributed by atoms with van der Waals surface area (Å²) in [5.74, 6) is -5.87. The number of ether oxygens (including phenoxy) is 1.